The van der Waals surface area contributed by atoms with Gasteiger partial charge in [0.1, 0.15) is 11.4 Å². The van der Waals surface area contributed by atoms with Gasteiger partial charge in [-0.2, -0.15) is 0 Å². The van der Waals surface area contributed by atoms with Crippen LogP contribution < -0.4 is 5.32 Å². The predicted molar refractivity (Wildman–Crippen MR) is 93.6 cm³/mol. The van der Waals surface area contributed by atoms with E-state index in [1.54, 1.807) is 13.2 Å². The van der Waals surface area contributed by atoms with Crippen molar-refractivity contribution in [3.63, 3.8) is 0 Å². The molecule has 3 aromatic rings. The van der Waals surface area contributed by atoms with Crippen molar-refractivity contribution in [3.05, 3.63) is 71.2 Å². The molecule has 0 aliphatic heterocycles. The van der Waals surface area contributed by atoms with Crippen LogP contribution in [0.2, 0.25) is 0 Å². The molecule has 0 radical (unpaired) electrons. The van der Waals surface area contributed by atoms with Gasteiger partial charge >= 0.3 is 0 Å². The lowest BCUT2D eigenvalue weighted by Gasteiger charge is -2.20. The molecule has 0 fully saturated rings. The normalized spacial score (nSPS) is 13.6. The smallest absolute Gasteiger partial charge is 0.224 e. The first-order valence-corrected chi connectivity index (χ1v) is 8.13. The van der Waals surface area contributed by atoms with E-state index in [2.05, 4.69) is 5.32 Å². The van der Waals surface area contributed by atoms with Crippen molar-refractivity contribution >= 4 is 16.9 Å². The molecular weight excluding hydrogens is 321 g/mol. The number of aliphatic hydroxyl groups excluding tert-OH is 1. The van der Waals surface area contributed by atoms with E-state index in [9.17, 15) is 14.3 Å². The summed E-state index contributed by atoms with van der Waals surface area (Å²) in [6.07, 6.45) is 0.842. The molecule has 1 aromatic heterocycles. The second-order valence-corrected chi connectivity index (χ2v) is 6.29. The Bertz CT molecular complexity index is 886. The number of carbonyl (C=O) groups excluding carboxylic acids is 1. The van der Waals surface area contributed by atoms with Crippen LogP contribution in [0.15, 0.2) is 53.1 Å². The van der Waals surface area contributed by atoms with Crippen LogP contribution in [0.25, 0.3) is 11.0 Å². The molecule has 4 nitrogen and oxygen atoms in total. The zero-order chi connectivity index (χ0) is 18.0. The largest absolute Gasteiger partial charge is 0.464 e. The fourth-order valence-electron chi connectivity index (χ4n) is 2.83. The summed E-state index contributed by atoms with van der Waals surface area (Å²) in [6.45, 7) is 3.69. The first kappa shape index (κ1) is 17.2. The number of hydrogen-bond acceptors (Lipinski definition) is 3. The van der Waals surface area contributed by atoms with Gasteiger partial charge in [-0.1, -0.05) is 24.3 Å². The maximum atomic E-state index is 13.0. The van der Waals surface area contributed by atoms with Crippen LogP contribution in [-0.2, 0) is 11.2 Å². The molecule has 25 heavy (non-hydrogen) atoms. The van der Waals surface area contributed by atoms with Crippen molar-refractivity contribution in [2.24, 2.45) is 0 Å². The molecule has 0 saturated heterocycles. The quantitative estimate of drug-likeness (QED) is 0.744. The van der Waals surface area contributed by atoms with Crippen LogP contribution in [-0.4, -0.2) is 17.1 Å². The molecule has 1 amide bonds. The third kappa shape index (κ3) is 3.88. The lowest BCUT2D eigenvalue weighted by atomic mass is 10.0. The number of halogens is 1. The minimum atomic E-state index is -0.909. The van der Waals surface area contributed by atoms with Crippen LogP contribution in [0.5, 0.6) is 0 Å². The fraction of sp³-hybridized carbons (Fsp3) is 0.250. The third-order valence-electron chi connectivity index (χ3n) is 4.24. The molecule has 2 aromatic carbocycles. The van der Waals surface area contributed by atoms with Crippen molar-refractivity contribution < 1.29 is 18.7 Å². The van der Waals surface area contributed by atoms with Crippen molar-refractivity contribution in [2.75, 3.05) is 0 Å². The van der Waals surface area contributed by atoms with Crippen molar-refractivity contribution in [1.29, 1.82) is 0 Å². The minimum absolute atomic E-state index is 0.163. The van der Waals surface area contributed by atoms with Gasteiger partial charge in [0.15, 0.2) is 0 Å². The van der Waals surface area contributed by atoms with Gasteiger partial charge in [-0.25, -0.2) is 4.39 Å². The number of furan rings is 1. The maximum absolute atomic E-state index is 13.0. The zero-order valence-electron chi connectivity index (χ0n) is 14.1. The summed E-state index contributed by atoms with van der Waals surface area (Å²) < 4.78 is 18.5. The highest BCUT2D eigenvalue weighted by Gasteiger charge is 2.19. The topological polar surface area (TPSA) is 62.5 Å². The standard InChI is InChI=1S/C20H20FNO3/c1-12-3-8-17-15(11-25-18(17)9-12)10-19(23)22-13(2)20(24)14-4-6-16(21)7-5-14/h3-9,11,13,20,24H,10H2,1-2H3,(H,22,23). The highest BCUT2D eigenvalue weighted by Crippen LogP contribution is 2.23. The number of benzene rings is 2. The predicted octanol–water partition coefficient (Wildman–Crippen LogP) is 3.66. The molecule has 0 bridgehead atoms. The second kappa shape index (κ2) is 7.07. The summed E-state index contributed by atoms with van der Waals surface area (Å²) in [6, 6.07) is 10.9. The van der Waals surface area contributed by atoms with Gasteiger partial charge in [-0.05, 0) is 43.2 Å². The number of nitrogens with one attached hydrogen (secondary N) is 1. The average Bonchev–Trinajstić information content (AvgIpc) is 2.96. The van der Waals surface area contributed by atoms with E-state index < -0.39 is 12.1 Å². The lowest BCUT2D eigenvalue weighted by Crippen LogP contribution is -2.37. The van der Waals surface area contributed by atoms with Crippen LogP contribution in [0.4, 0.5) is 4.39 Å². The number of rotatable bonds is 5. The van der Waals surface area contributed by atoms with Crippen molar-refractivity contribution in [3.8, 4) is 0 Å². The van der Waals surface area contributed by atoms with E-state index >= 15 is 0 Å². The van der Waals surface area contributed by atoms with Crippen molar-refractivity contribution in [2.45, 2.75) is 32.4 Å². The molecule has 0 aliphatic rings. The summed E-state index contributed by atoms with van der Waals surface area (Å²) in [5.74, 6) is -0.577. The number of fused-ring (bicyclic) bond motifs is 1. The van der Waals surface area contributed by atoms with E-state index in [-0.39, 0.29) is 18.1 Å². The van der Waals surface area contributed by atoms with Gasteiger partial charge in [0.05, 0.1) is 24.8 Å². The van der Waals surface area contributed by atoms with Gasteiger partial charge in [0.2, 0.25) is 5.91 Å². The lowest BCUT2D eigenvalue weighted by molar-refractivity contribution is -0.121. The molecule has 0 saturated carbocycles. The zero-order valence-corrected chi connectivity index (χ0v) is 14.1. The highest BCUT2D eigenvalue weighted by atomic mass is 19.1. The molecule has 5 heteroatoms. The Morgan fingerprint density at radius 3 is 2.68 bits per heavy atom. The summed E-state index contributed by atoms with van der Waals surface area (Å²) >= 11 is 0. The van der Waals surface area contributed by atoms with Gasteiger partial charge in [-0.15, -0.1) is 0 Å². The SMILES string of the molecule is Cc1ccc2c(CC(=O)NC(C)C(O)c3ccc(F)cc3)coc2c1. The Labute approximate surface area is 145 Å². The number of carbonyl (C=O) groups is 1. The summed E-state index contributed by atoms with van der Waals surface area (Å²) in [7, 11) is 0. The van der Waals surface area contributed by atoms with Gasteiger partial charge in [0.25, 0.3) is 0 Å². The summed E-state index contributed by atoms with van der Waals surface area (Å²) in [5, 5.41) is 14.0. The maximum Gasteiger partial charge on any atom is 0.224 e. The Balaban J connectivity index is 1.65. The van der Waals surface area contributed by atoms with Crippen molar-refractivity contribution in [1.82, 2.24) is 5.32 Å². The summed E-state index contributed by atoms with van der Waals surface area (Å²) in [4.78, 5) is 12.3. The molecular formula is C20H20FNO3. The number of amides is 1. The molecule has 2 unspecified atom stereocenters. The van der Waals surface area contributed by atoms with E-state index in [1.807, 2.05) is 25.1 Å². The molecule has 3 rings (SSSR count). The van der Waals surface area contributed by atoms with Crippen LogP contribution in [0, 0.1) is 12.7 Å². The van der Waals surface area contributed by atoms with Crippen LogP contribution >= 0.6 is 0 Å². The van der Waals surface area contributed by atoms with Crippen LogP contribution in [0.1, 0.15) is 29.7 Å². The monoisotopic (exact) mass is 341 g/mol. The second-order valence-electron chi connectivity index (χ2n) is 6.29. The Hall–Kier alpha value is -2.66. The number of aliphatic hydroxyl groups is 1. The van der Waals surface area contributed by atoms with Gasteiger partial charge < -0.3 is 14.8 Å². The van der Waals surface area contributed by atoms with Gasteiger partial charge in [-0.3, -0.25) is 4.79 Å². The molecule has 0 spiro atoms. The fourth-order valence-corrected chi connectivity index (χ4v) is 2.83. The van der Waals surface area contributed by atoms with E-state index in [1.165, 1.54) is 24.3 Å². The molecule has 2 N–H and O–H groups in total. The van der Waals surface area contributed by atoms with E-state index in [0.29, 0.717) is 5.56 Å². The van der Waals surface area contributed by atoms with Crippen LogP contribution in [0.3, 0.4) is 0 Å². The van der Waals surface area contributed by atoms with E-state index in [4.69, 9.17) is 4.42 Å². The molecule has 0 aliphatic carbocycles. The Morgan fingerprint density at radius 2 is 1.96 bits per heavy atom. The first-order chi connectivity index (χ1) is 11.9. The Kier molecular flexibility index (Phi) is 4.86. The molecule has 130 valence electrons. The summed E-state index contributed by atoms with van der Waals surface area (Å²) in [5.41, 5.74) is 3.20. The highest BCUT2D eigenvalue weighted by molar-refractivity contribution is 5.88. The number of aryl methyl sites for hydroxylation is 1. The third-order valence-corrected chi connectivity index (χ3v) is 4.24. The van der Waals surface area contributed by atoms with E-state index in [0.717, 1.165) is 22.1 Å². The Morgan fingerprint density at radius 1 is 1.24 bits per heavy atom. The first-order valence-electron chi connectivity index (χ1n) is 8.13. The molecule has 2 atom stereocenters. The average molecular weight is 341 g/mol. The number of hydrogen-bond donors (Lipinski definition) is 2. The minimum Gasteiger partial charge on any atom is -0.464 e. The molecule has 1 heterocycles. The van der Waals surface area contributed by atoms with Gasteiger partial charge in [0, 0.05) is 10.9 Å².